The topological polar surface area (TPSA) is 104 Å². The second kappa shape index (κ2) is 4.18. The van der Waals surface area contributed by atoms with Crippen molar-refractivity contribution in [3.05, 3.63) is 0 Å². The third-order valence-corrected chi connectivity index (χ3v) is 2.25. The van der Waals surface area contributed by atoms with E-state index in [0.717, 1.165) is 25.7 Å². The van der Waals surface area contributed by atoms with Crippen LogP contribution < -0.4 is 22.9 Å². The standard InChI is InChI=1S/C8H22N4/c1-3-5-7(9,6-4-2)8(10,11)12/h3-6,9-12H2,1-2H3. The van der Waals surface area contributed by atoms with Gasteiger partial charge in [-0.05, 0) is 12.8 Å². The minimum absolute atomic E-state index is 0.628. The Morgan fingerprint density at radius 3 is 1.33 bits per heavy atom. The monoisotopic (exact) mass is 174 g/mol. The van der Waals surface area contributed by atoms with Crippen molar-refractivity contribution in [3.63, 3.8) is 0 Å². The SMILES string of the molecule is CCCC(N)(CCC)C(N)(N)N. The van der Waals surface area contributed by atoms with E-state index in [1.807, 2.05) is 13.8 Å². The molecule has 0 spiro atoms. The molecule has 0 aliphatic carbocycles. The van der Waals surface area contributed by atoms with E-state index in [1.165, 1.54) is 0 Å². The molecular weight excluding hydrogens is 152 g/mol. The normalized spacial score (nSPS) is 13.5. The van der Waals surface area contributed by atoms with Gasteiger partial charge < -0.3 is 5.73 Å². The molecule has 0 aliphatic heterocycles. The van der Waals surface area contributed by atoms with Crippen molar-refractivity contribution in [2.75, 3.05) is 0 Å². The summed E-state index contributed by atoms with van der Waals surface area (Å²) >= 11 is 0. The summed E-state index contributed by atoms with van der Waals surface area (Å²) in [6.45, 7) is 4.09. The predicted octanol–water partition coefficient (Wildman–Crippen LogP) is -0.186. The average molecular weight is 174 g/mol. The van der Waals surface area contributed by atoms with Gasteiger partial charge in [-0.15, -0.1) is 0 Å². The summed E-state index contributed by atoms with van der Waals surface area (Å²) in [5.74, 6) is -1.26. The fraction of sp³-hybridized carbons (Fsp3) is 1.00. The summed E-state index contributed by atoms with van der Waals surface area (Å²) in [6, 6.07) is 0. The fourth-order valence-electron chi connectivity index (χ4n) is 1.45. The van der Waals surface area contributed by atoms with Gasteiger partial charge in [0.2, 0.25) is 0 Å². The highest BCUT2D eigenvalue weighted by Crippen LogP contribution is 2.20. The van der Waals surface area contributed by atoms with Crippen LogP contribution in [-0.4, -0.2) is 11.3 Å². The molecule has 8 N–H and O–H groups in total. The summed E-state index contributed by atoms with van der Waals surface area (Å²) in [4.78, 5) is 0. The van der Waals surface area contributed by atoms with Crippen LogP contribution in [0, 0.1) is 0 Å². The summed E-state index contributed by atoms with van der Waals surface area (Å²) in [7, 11) is 0. The summed E-state index contributed by atoms with van der Waals surface area (Å²) in [5, 5.41) is 0. The van der Waals surface area contributed by atoms with Crippen molar-refractivity contribution in [3.8, 4) is 0 Å². The highest BCUT2D eigenvalue weighted by molar-refractivity contribution is 4.98. The van der Waals surface area contributed by atoms with Gasteiger partial charge in [0.1, 0.15) is 5.79 Å². The van der Waals surface area contributed by atoms with Crippen LogP contribution in [0.15, 0.2) is 0 Å². The Balaban J connectivity index is 4.38. The quantitative estimate of drug-likeness (QED) is 0.434. The van der Waals surface area contributed by atoms with Crippen LogP contribution in [0.4, 0.5) is 0 Å². The van der Waals surface area contributed by atoms with Crippen LogP contribution in [0.5, 0.6) is 0 Å². The van der Waals surface area contributed by atoms with E-state index >= 15 is 0 Å². The predicted molar refractivity (Wildman–Crippen MR) is 52.0 cm³/mol. The zero-order chi connectivity index (χ0) is 9.83. The largest absolute Gasteiger partial charge is 0.321 e. The van der Waals surface area contributed by atoms with Crippen LogP contribution in [0.25, 0.3) is 0 Å². The number of nitrogens with two attached hydrogens (primary N) is 4. The molecule has 0 unspecified atom stereocenters. The van der Waals surface area contributed by atoms with E-state index in [9.17, 15) is 0 Å². The molecule has 4 nitrogen and oxygen atoms in total. The highest BCUT2D eigenvalue weighted by atomic mass is 15.2. The zero-order valence-corrected chi connectivity index (χ0v) is 8.14. The Morgan fingerprint density at radius 1 is 0.833 bits per heavy atom. The first-order valence-electron chi connectivity index (χ1n) is 4.53. The van der Waals surface area contributed by atoms with Gasteiger partial charge in [0, 0.05) is 0 Å². The molecule has 4 heteroatoms. The van der Waals surface area contributed by atoms with Crippen LogP contribution in [0.1, 0.15) is 39.5 Å². The van der Waals surface area contributed by atoms with E-state index < -0.39 is 11.3 Å². The van der Waals surface area contributed by atoms with Crippen molar-refractivity contribution in [1.82, 2.24) is 0 Å². The Morgan fingerprint density at radius 2 is 1.17 bits per heavy atom. The molecule has 0 saturated carbocycles. The molecule has 0 heterocycles. The third-order valence-electron chi connectivity index (χ3n) is 2.25. The van der Waals surface area contributed by atoms with Crippen molar-refractivity contribution in [2.45, 2.75) is 50.9 Å². The molecule has 0 bridgehead atoms. The minimum atomic E-state index is -1.26. The Hall–Kier alpha value is -0.160. The lowest BCUT2D eigenvalue weighted by Gasteiger charge is -2.40. The maximum atomic E-state index is 6.02. The first-order chi connectivity index (χ1) is 5.37. The second-order valence-corrected chi connectivity index (χ2v) is 3.59. The molecule has 0 aromatic heterocycles. The van der Waals surface area contributed by atoms with E-state index in [2.05, 4.69) is 0 Å². The molecule has 0 atom stereocenters. The molecule has 0 aliphatic rings. The van der Waals surface area contributed by atoms with E-state index in [0.29, 0.717) is 0 Å². The van der Waals surface area contributed by atoms with Crippen LogP contribution >= 0.6 is 0 Å². The molecule has 0 aromatic carbocycles. The van der Waals surface area contributed by atoms with Crippen molar-refractivity contribution >= 4 is 0 Å². The number of rotatable bonds is 5. The molecule has 0 saturated heterocycles. The van der Waals surface area contributed by atoms with Gasteiger partial charge >= 0.3 is 0 Å². The smallest absolute Gasteiger partial charge is 0.134 e. The second-order valence-electron chi connectivity index (χ2n) is 3.59. The van der Waals surface area contributed by atoms with Crippen molar-refractivity contribution < 1.29 is 0 Å². The lowest BCUT2D eigenvalue weighted by Crippen LogP contribution is -2.76. The third kappa shape index (κ3) is 2.71. The minimum Gasteiger partial charge on any atom is -0.321 e. The van der Waals surface area contributed by atoms with Gasteiger partial charge in [-0.1, -0.05) is 26.7 Å². The molecule has 12 heavy (non-hydrogen) atoms. The number of hydrogen-bond donors (Lipinski definition) is 4. The molecule has 74 valence electrons. The molecular formula is C8H22N4. The van der Waals surface area contributed by atoms with Crippen LogP contribution in [0.2, 0.25) is 0 Å². The van der Waals surface area contributed by atoms with Crippen LogP contribution in [-0.2, 0) is 0 Å². The molecule has 0 rings (SSSR count). The van der Waals surface area contributed by atoms with Crippen molar-refractivity contribution in [2.24, 2.45) is 22.9 Å². The average Bonchev–Trinajstić information content (AvgIpc) is 1.86. The molecule has 0 fully saturated rings. The van der Waals surface area contributed by atoms with Gasteiger partial charge in [-0.2, -0.15) is 0 Å². The van der Waals surface area contributed by atoms with E-state index in [4.69, 9.17) is 22.9 Å². The van der Waals surface area contributed by atoms with Gasteiger partial charge in [-0.3, -0.25) is 17.2 Å². The summed E-state index contributed by atoms with van der Waals surface area (Å²) in [5.41, 5.74) is 22.2. The number of hydrogen-bond acceptors (Lipinski definition) is 4. The maximum absolute atomic E-state index is 6.02. The van der Waals surface area contributed by atoms with E-state index in [-0.39, 0.29) is 0 Å². The van der Waals surface area contributed by atoms with E-state index in [1.54, 1.807) is 0 Å². The summed E-state index contributed by atoms with van der Waals surface area (Å²) < 4.78 is 0. The van der Waals surface area contributed by atoms with Crippen LogP contribution in [0.3, 0.4) is 0 Å². The van der Waals surface area contributed by atoms with Gasteiger partial charge in [0.25, 0.3) is 0 Å². The Bertz CT molecular complexity index is 122. The first kappa shape index (κ1) is 11.8. The Kier molecular flexibility index (Phi) is 4.13. The molecule has 0 aromatic rings. The lowest BCUT2D eigenvalue weighted by molar-refractivity contribution is 0.197. The maximum Gasteiger partial charge on any atom is 0.134 e. The van der Waals surface area contributed by atoms with Crippen molar-refractivity contribution in [1.29, 1.82) is 0 Å². The zero-order valence-electron chi connectivity index (χ0n) is 8.14. The van der Waals surface area contributed by atoms with Gasteiger partial charge in [0.05, 0.1) is 5.54 Å². The van der Waals surface area contributed by atoms with Gasteiger partial charge in [-0.25, -0.2) is 0 Å². The highest BCUT2D eigenvalue weighted by Gasteiger charge is 2.38. The first-order valence-corrected chi connectivity index (χ1v) is 4.53. The fourth-order valence-corrected chi connectivity index (χ4v) is 1.45. The summed E-state index contributed by atoms with van der Waals surface area (Å²) in [6.07, 6.45) is 3.43. The molecule has 0 amide bonds. The van der Waals surface area contributed by atoms with Gasteiger partial charge in [0.15, 0.2) is 0 Å². The molecule has 0 radical (unpaired) electrons. The Labute approximate surface area is 74.7 Å². The lowest BCUT2D eigenvalue weighted by atomic mass is 9.83.